The number of hydrogen-bond donors (Lipinski definition) is 0. The van der Waals surface area contributed by atoms with E-state index < -0.39 is 11.8 Å². The van der Waals surface area contributed by atoms with Crippen LogP contribution in [0, 0.1) is 5.82 Å². The molecule has 0 N–H and O–H groups in total. The Balaban J connectivity index is 2.62. The molecule has 0 unspecified atom stereocenters. The van der Waals surface area contributed by atoms with Crippen molar-refractivity contribution in [2.24, 2.45) is 0 Å². The SMILES string of the molecule is CCCCOC(=O)c1ccc(Cl)c(F)c1. The summed E-state index contributed by atoms with van der Waals surface area (Å²) in [6, 6.07) is 3.86. The number of carbonyl (C=O) groups is 1. The summed E-state index contributed by atoms with van der Waals surface area (Å²) < 4.78 is 17.9. The Kier molecular flexibility index (Phi) is 4.56. The first kappa shape index (κ1) is 12.0. The third-order valence-corrected chi connectivity index (χ3v) is 2.19. The summed E-state index contributed by atoms with van der Waals surface area (Å²) in [5, 5.41) is 0.000100. The predicted molar refractivity (Wildman–Crippen MR) is 56.6 cm³/mol. The quantitative estimate of drug-likeness (QED) is 0.585. The van der Waals surface area contributed by atoms with Crippen LogP contribution in [0.25, 0.3) is 0 Å². The average molecular weight is 231 g/mol. The van der Waals surface area contributed by atoms with E-state index in [9.17, 15) is 9.18 Å². The molecule has 0 aliphatic heterocycles. The van der Waals surface area contributed by atoms with Crippen molar-refractivity contribution >= 4 is 17.6 Å². The van der Waals surface area contributed by atoms with Gasteiger partial charge in [-0.15, -0.1) is 0 Å². The Morgan fingerprint density at radius 2 is 2.27 bits per heavy atom. The number of rotatable bonds is 4. The van der Waals surface area contributed by atoms with Crippen LogP contribution in [0.1, 0.15) is 30.1 Å². The Morgan fingerprint density at radius 3 is 2.87 bits per heavy atom. The van der Waals surface area contributed by atoms with E-state index in [2.05, 4.69) is 0 Å². The lowest BCUT2D eigenvalue weighted by Crippen LogP contribution is -2.06. The highest BCUT2D eigenvalue weighted by Gasteiger charge is 2.09. The lowest BCUT2D eigenvalue weighted by molar-refractivity contribution is 0.0499. The molecular weight excluding hydrogens is 219 g/mol. The molecule has 0 heterocycles. The van der Waals surface area contributed by atoms with E-state index in [1.54, 1.807) is 0 Å². The van der Waals surface area contributed by atoms with Gasteiger partial charge in [-0.3, -0.25) is 0 Å². The van der Waals surface area contributed by atoms with Crippen molar-refractivity contribution in [1.29, 1.82) is 0 Å². The van der Waals surface area contributed by atoms with Crippen LogP contribution in [0.4, 0.5) is 4.39 Å². The molecule has 1 rings (SSSR count). The van der Waals surface area contributed by atoms with Crippen LogP contribution in [0.5, 0.6) is 0 Å². The number of benzene rings is 1. The molecular formula is C11H12ClFO2. The van der Waals surface area contributed by atoms with Crippen LogP contribution < -0.4 is 0 Å². The first-order valence-corrected chi connectivity index (χ1v) is 5.15. The molecule has 0 saturated carbocycles. The van der Waals surface area contributed by atoms with E-state index in [0.717, 1.165) is 18.9 Å². The van der Waals surface area contributed by atoms with Crippen molar-refractivity contribution < 1.29 is 13.9 Å². The zero-order chi connectivity index (χ0) is 11.3. The average Bonchev–Trinajstić information content (AvgIpc) is 2.22. The molecule has 0 aliphatic rings. The fraction of sp³-hybridized carbons (Fsp3) is 0.364. The van der Waals surface area contributed by atoms with Crippen LogP contribution in [-0.4, -0.2) is 12.6 Å². The van der Waals surface area contributed by atoms with E-state index in [-0.39, 0.29) is 10.6 Å². The maximum Gasteiger partial charge on any atom is 0.338 e. The van der Waals surface area contributed by atoms with E-state index in [1.165, 1.54) is 12.1 Å². The third-order valence-electron chi connectivity index (χ3n) is 1.89. The highest BCUT2D eigenvalue weighted by molar-refractivity contribution is 6.30. The van der Waals surface area contributed by atoms with Gasteiger partial charge in [-0.05, 0) is 24.6 Å². The largest absolute Gasteiger partial charge is 0.462 e. The van der Waals surface area contributed by atoms with Gasteiger partial charge in [0.25, 0.3) is 0 Å². The molecule has 1 aromatic rings. The van der Waals surface area contributed by atoms with Crippen LogP contribution >= 0.6 is 11.6 Å². The van der Waals surface area contributed by atoms with Crippen LogP contribution in [-0.2, 0) is 4.74 Å². The highest BCUT2D eigenvalue weighted by atomic mass is 35.5. The fourth-order valence-electron chi connectivity index (χ4n) is 1.02. The lowest BCUT2D eigenvalue weighted by atomic mass is 10.2. The van der Waals surface area contributed by atoms with E-state index in [1.807, 2.05) is 6.92 Å². The Labute approximate surface area is 93.0 Å². The molecule has 0 bridgehead atoms. The van der Waals surface area contributed by atoms with Gasteiger partial charge in [0.2, 0.25) is 0 Å². The number of unbranched alkanes of at least 4 members (excludes halogenated alkanes) is 1. The molecule has 2 nitrogen and oxygen atoms in total. The zero-order valence-electron chi connectivity index (χ0n) is 8.43. The Bertz CT molecular complexity index is 352. The highest BCUT2D eigenvalue weighted by Crippen LogP contribution is 2.16. The van der Waals surface area contributed by atoms with Gasteiger partial charge in [-0.1, -0.05) is 24.9 Å². The van der Waals surface area contributed by atoms with Gasteiger partial charge >= 0.3 is 5.97 Å². The number of hydrogen-bond acceptors (Lipinski definition) is 2. The van der Waals surface area contributed by atoms with Crippen molar-refractivity contribution in [3.8, 4) is 0 Å². The summed E-state index contributed by atoms with van der Waals surface area (Å²) in [7, 11) is 0. The summed E-state index contributed by atoms with van der Waals surface area (Å²) in [4.78, 5) is 11.4. The van der Waals surface area contributed by atoms with Crippen LogP contribution in [0.3, 0.4) is 0 Å². The van der Waals surface area contributed by atoms with Crippen molar-refractivity contribution in [2.75, 3.05) is 6.61 Å². The minimum Gasteiger partial charge on any atom is -0.462 e. The van der Waals surface area contributed by atoms with Gasteiger partial charge in [0, 0.05) is 0 Å². The van der Waals surface area contributed by atoms with E-state index in [4.69, 9.17) is 16.3 Å². The molecule has 0 radical (unpaired) electrons. The molecule has 0 aliphatic carbocycles. The minimum atomic E-state index is -0.610. The normalized spacial score (nSPS) is 10.1. The molecule has 15 heavy (non-hydrogen) atoms. The van der Waals surface area contributed by atoms with Crippen LogP contribution in [0.15, 0.2) is 18.2 Å². The molecule has 82 valence electrons. The van der Waals surface area contributed by atoms with Gasteiger partial charge < -0.3 is 4.74 Å². The van der Waals surface area contributed by atoms with Crippen molar-refractivity contribution in [2.45, 2.75) is 19.8 Å². The van der Waals surface area contributed by atoms with Crippen molar-refractivity contribution in [3.63, 3.8) is 0 Å². The number of carbonyl (C=O) groups excluding carboxylic acids is 1. The predicted octanol–water partition coefficient (Wildman–Crippen LogP) is 3.44. The first-order valence-electron chi connectivity index (χ1n) is 4.77. The van der Waals surface area contributed by atoms with E-state index >= 15 is 0 Å². The molecule has 4 heteroatoms. The van der Waals surface area contributed by atoms with Gasteiger partial charge in [0.15, 0.2) is 0 Å². The second-order valence-electron chi connectivity index (χ2n) is 3.12. The molecule has 0 aromatic heterocycles. The smallest absolute Gasteiger partial charge is 0.338 e. The summed E-state index contributed by atoms with van der Waals surface area (Å²) in [5.74, 6) is -1.12. The van der Waals surface area contributed by atoms with Gasteiger partial charge in [0.1, 0.15) is 5.82 Å². The summed E-state index contributed by atoms with van der Waals surface area (Å²) in [6.45, 7) is 2.36. The minimum absolute atomic E-state index is 0.000100. The fourth-order valence-corrected chi connectivity index (χ4v) is 1.13. The lowest BCUT2D eigenvalue weighted by Gasteiger charge is -2.04. The standard InChI is InChI=1S/C11H12ClFO2/c1-2-3-6-15-11(14)8-4-5-9(12)10(13)7-8/h4-5,7H,2-3,6H2,1H3. The van der Waals surface area contributed by atoms with Gasteiger partial charge in [-0.2, -0.15) is 0 Å². The summed E-state index contributed by atoms with van der Waals surface area (Å²) in [6.07, 6.45) is 1.75. The first-order chi connectivity index (χ1) is 7.15. The van der Waals surface area contributed by atoms with Gasteiger partial charge in [0.05, 0.1) is 17.2 Å². The second-order valence-corrected chi connectivity index (χ2v) is 3.53. The zero-order valence-corrected chi connectivity index (χ0v) is 9.18. The number of halogens is 2. The van der Waals surface area contributed by atoms with Crippen molar-refractivity contribution in [3.05, 3.63) is 34.6 Å². The number of esters is 1. The Morgan fingerprint density at radius 1 is 1.53 bits per heavy atom. The monoisotopic (exact) mass is 230 g/mol. The molecule has 1 aromatic carbocycles. The Hall–Kier alpha value is -1.09. The van der Waals surface area contributed by atoms with Crippen LogP contribution in [0.2, 0.25) is 5.02 Å². The molecule has 0 atom stereocenters. The molecule has 0 amide bonds. The topological polar surface area (TPSA) is 26.3 Å². The van der Waals surface area contributed by atoms with E-state index in [0.29, 0.717) is 6.61 Å². The maximum atomic E-state index is 13.0. The molecule has 0 fully saturated rings. The van der Waals surface area contributed by atoms with Gasteiger partial charge in [-0.25, -0.2) is 9.18 Å². The maximum absolute atomic E-state index is 13.0. The third kappa shape index (κ3) is 3.51. The van der Waals surface area contributed by atoms with Crippen molar-refractivity contribution in [1.82, 2.24) is 0 Å². The second kappa shape index (κ2) is 5.71. The number of ether oxygens (including phenoxy) is 1. The summed E-state index contributed by atoms with van der Waals surface area (Å²) >= 11 is 5.49. The summed E-state index contributed by atoms with van der Waals surface area (Å²) in [5.41, 5.74) is 0.188. The molecule has 0 spiro atoms. The molecule has 0 saturated heterocycles.